The van der Waals surface area contributed by atoms with E-state index in [9.17, 15) is 0 Å². The van der Waals surface area contributed by atoms with E-state index in [-0.39, 0.29) is 0 Å². The van der Waals surface area contributed by atoms with Crippen molar-refractivity contribution < 1.29 is 4.43 Å². The minimum Gasteiger partial charge on any atom is -0.415 e. The minimum atomic E-state index is -1.59. The third-order valence-corrected chi connectivity index (χ3v) is 10.2. The second kappa shape index (κ2) is 5.34. The van der Waals surface area contributed by atoms with Gasteiger partial charge in [-0.15, -0.1) is 6.58 Å². The standard InChI is InChI=1S/C16H31NOSi/c1-7-13-11-17-9-8-14(13)10-15(17)12-18-19(5,6)16(2,3)4/h7,13-15H,1,8-12H2,2-6H3/t13-,14-,15-/m0/s1. The third-order valence-electron chi connectivity index (χ3n) is 5.67. The van der Waals surface area contributed by atoms with E-state index in [2.05, 4.69) is 51.4 Å². The summed E-state index contributed by atoms with van der Waals surface area (Å²) in [6.45, 7) is 19.1. The van der Waals surface area contributed by atoms with Crippen LogP contribution in [0.25, 0.3) is 0 Å². The van der Waals surface area contributed by atoms with Crippen LogP contribution in [0.15, 0.2) is 12.7 Å². The molecule has 3 aliphatic rings. The maximum Gasteiger partial charge on any atom is 0.192 e. The average Bonchev–Trinajstić information content (AvgIpc) is 2.35. The molecule has 3 heterocycles. The Morgan fingerprint density at radius 2 is 2.05 bits per heavy atom. The molecule has 0 spiro atoms. The second-order valence-corrected chi connectivity index (χ2v) is 12.7. The molecular formula is C16H31NOSi. The van der Waals surface area contributed by atoms with Gasteiger partial charge in [0, 0.05) is 19.2 Å². The van der Waals surface area contributed by atoms with Crippen LogP contribution < -0.4 is 0 Å². The molecule has 0 aliphatic carbocycles. The van der Waals surface area contributed by atoms with Crippen LogP contribution in [0.2, 0.25) is 18.1 Å². The van der Waals surface area contributed by atoms with Crippen LogP contribution in [0.5, 0.6) is 0 Å². The summed E-state index contributed by atoms with van der Waals surface area (Å²) in [7, 11) is -1.59. The highest BCUT2D eigenvalue weighted by molar-refractivity contribution is 6.74. The van der Waals surface area contributed by atoms with E-state index in [4.69, 9.17) is 4.43 Å². The predicted octanol–water partition coefficient (Wildman–Crippen LogP) is 3.90. The summed E-state index contributed by atoms with van der Waals surface area (Å²) in [5.41, 5.74) is 0. The van der Waals surface area contributed by atoms with Crippen LogP contribution in [0.4, 0.5) is 0 Å². The molecule has 4 atom stereocenters. The molecule has 3 rings (SSSR count). The molecule has 3 aliphatic heterocycles. The molecule has 0 radical (unpaired) electrons. The average molecular weight is 282 g/mol. The molecule has 0 aromatic heterocycles. The third kappa shape index (κ3) is 3.14. The topological polar surface area (TPSA) is 12.5 Å². The Hall–Kier alpha value is -0.123. The Morgan fingerprint density at radius 1 is 1.37 bits per heavy atom. The largest absolute Gasteiger partial charge is 0.415 e. The lowest BCUT2D eigenvalue weighted by Gasteiger charge is -2.50. The zero-order valence-corrected chi connectivity index (χ0v) is 14.4. The Kier molecular flexibility index (Phi) is 4.29. The fourth-order valence-corrected chi connectivity index (χ4v) is 4.18. The summed E-state index contributed by atoms with van der Waals surface area (Å²) >= 11 is 0. The van der Waals surface area contributed by atoms with Gasteiger partial charge in [-0.2, -0.15) is 0 Å². The Labute approximate surface area is 120 Å². The van der Waals surface area contributed by atoms with Gasteiger partial charge in [-0.1, -0.05) is 26.8 Å². The van der Waals surface area contributed by atoms with Crippen molar-refractivity contribution in [3.05, 3.63) is 12.7 Å². The molecule has 110 valence electrons. The van der Waals surface area contributed by atoms with Gasteiger partial charge in [0.2, 0.25) is 0 Å². The zero-order chi connectivity index (χ0) is 14.3. The van der Waals surface area contributed by atoms with Gasteiger partial charge in [0.25, 0.3) is 0 Å². The van der Waals surface area contributed by atoms with Gasteiger partial charge >= 0.3 is 0 Å². The van der Waals surface area contributed by atoms with E-state index >= 15 is 0 Å². The van der Waals surface area contributed by atoms with Crippen molar-refractivity contribution in [1.29, 1.82) is 0 Å². The van der Waals surface area contributed by atoms with E-state index in [0.29, 0.717) is 11.1 Å². The lowest BCUT2D eigenvalue weighted by molar-refractivity contribution is -0.00386. The van der Waals surface area contributed by atoms with E-state index in [1.807, 2.05) is 0 Å². The first-order chi connectivity index (χ1) is 8.74. The van der Waals surface area contributed by atoms with Crippen LogP contribution in [-0.4, -0.2) is 39.0 Å². The number of fused-ring (bicyclic) bond motifs is 3. The van der Waals surface area contributed by atoms with Crippen molar-refractivity contribution in [2.75, 3.05) is 19.7 Å². The highest BCUT2D eigenvalue weighted by Crippen LogP contribution is 2.39. The van der Waals surface area contributed by atoms with Crippen molar-refractivity contribution in [2.24, 2.45) is 11.8 Å². The molecule has 0 saturated carbocycles. The number of piperidine rings is 3. The van der Waals surface area contributed by atoms with Gasteiger partial charge in [0.05, 0.1) is 0 Å². The first kappa shape index (κ1) is 15.3. The highest BCUT2D eigenvalue weighted by atomic mass is 28.4. The lowest BCUT2D eigenvalue weighted by Crippen LogP contribution is -2.56. The Balaban J connectivity index is 1.90. The van der Waals surface area contributed by atoms with Crippen LogP contribution in [0, 0.1) is 11.8 Å². The first-order valence-electron chi connectivity index (χ1n) is 7.75. The van der Waals surface area contributed by atoms with E-state index < -0.39 is 8.32 Å². The minimum absolute atomic E-state index is 0.319. The van der Waals surface area contributed by atoms with Crippen molar-refractivity contribution in [1.82, 2.24) is 4.90 Å². The molecule has 3 fully saturated rings. The first-order valence-corrected chi connectivity index (χ1v) is 10.7. The van der Waals surface area contributed by atoms with Crippen molar-refractivity contribution in [3.63, 3.8) is 0 Å². The van der Waals surface area contributed by atoms with Gasteiger partial charge in [-0.3, -0.25) is 4.90 Å². The maximum atomic E-state index is 6.43. The summed E-state index contributed by atoms with van der Waals surface area (Å²) in [4.78, 5) is 2.64. The predicted molar refractivity (Wildman–Crippen MR) is 84.9 cm³/mol. The quantitative estimate of drug-likeness (QED) is 0.572. The highest BCUT2D eigenvalue weighted by Gasteiger charge is 2.42. The fourth-order valence-electron chi connectivity index (χ4n) is 3.14. The van der Waals surface area contributed by atoms with Crippen LogP contribution in [0.3, 0.4) is 0 Å². The molecule has 0 aromatic carbocycles. The molecular weight excluding hydrogens is 250 g/mol. The molecule has 3 heteroatoms. The number of nitrogens with zero attached hydrogens (tertiary/aromatic N) is 1. The molecule has 2 nitrogen and oxygen atoms in total. The smallest absolute Gasteiger partial charge is 0.192 e. The molecule has 0 aromatic rings. The molecule has 19 heavy (non-hydrogen) atoms. The number of hydrogen-bond acceptors (Lipinski definition) is 2. The van der Waals surface area contributed by atoms with E-state index in [1.165, 1.54) is 25.9 Å². The summed E-state index contributed by atoms with van der Waals surface area (Å²) in [6.07, 6.45) is 4.83. The Bertz CT molecular complexity index is 334. The van der Waals surface area contributed by atoms with E-state index in [1.54, 1.807) is 0 Å². The van der Waals surface area contributed by atoms with Gasteiger partial charge < -0.3 is 4.43 Å². The molecule has 0 amide bonds. The van der Waals surface area contributed by atoms with Crippen molar-refractivity contribution in [3.8, 4) is 0 Å². The van der Waals surface area contributed by atoms with Gasteiger partial charge in [-0.25, -0.2) is 0 Å². The normalized spacial score (nSPS) is 35.4. The van der Waals surface area contributed by atoms with Crippen LogP contribution in [0.1, 0.15) is 33.6 Å². The molecule has 0 N–H and O–H groups in total. The fraction of sp³-hybridized carbons (Fsp3) is 0.875. The number of rotatable bonds is 4. The Morgan fingerprint density at radius 3 is 2.53 bits per heavy atom. The van der Waals surface area contributed by atoms with Gasteiger partial charge in [0.1, 0.15) is 0 Å². The zero-order valence-electron chi connectivity index (χ0n) is 13.4. The summed E-state index contributed by atoms with van der Waals surface area (Å²) in [5.74, 6) is 1.58. The summed E-state index contributed by atoms with van der Waals surface area (Å²) in [5, 5.41) is 0.319. The molecule has 3 saturated heterocycles. The number of hydrogen-bond donors (Lipinski definition) is 0. The molecule has 2 bridgehead atoms. The van der Waals surface area contributed by atoms with Crippen molar-refractivity contribution >= 4 is 8.32 Å². The summed E-state index contributed by atoms with van der Waals surface area (Å²) < 4.78 is 6.43. The van der Waals surface area contributed by atoms with E-state index in [0.717, 1.165) is 18.4 Å². The van der Waals surface area contributed by atoms with Gasteiger partial charge in [-0.05, 0) is 49.4 Å². The molecule has 1 unspecified atom stereocenters. The summed E-state index contributed by atoms with van der Waals surface area (Å²) in [6, 6.07) is 0.657. The van der Waals surface area contributed by atoms with Crippen LogP contribution in [-0.2, 0) is 4.43 Å². The monoisotopic (exact) mass is 281 g/mol. The van der Waals surface area contributed by atoms with Crippen LogP contribution >= 0.6 is 0 Å². The van der Waals surface area contributed by atoms with Gasteiger partial charge in [0.15, 0.2) is 8.32 Å². The second-order valence-electron chi connectivity index (χ2n) is 7.90. The maximum absolute atomic E-state index is 6.43. The lowest BCUT2D eigenvalue weighted by atomic mass is 9.76. The van der Waals surface area contributed by atoms with Crippen molar-refractivity contribution in [2.45, 2.75) is 57.8 Å². The SMILES string of the molecule is C=C[C@H]1CN2CC[C@H]1C[C@H]2CO[Si](C)(C)C(C)(C)C.